The highest BCUT2D eigenvalue weighted by molar-refractivity contribution is 9.10. The van der Waals surface area contributed by atoms with Gasteiger partial charge in [0.05, 0.1) is 5.56 Å². The molecule has 0 saturated carbocycles. The van der Waals surface area contributed by atoms with Gasteiger partial charge in [0.15, 0.2) is 0 Å². The van der Waals surface area contributed by atoms with Crippen LogP contribution in [0.1, 0.15) is 27.9 Å². The maximum absolute atomic E-state index is 12.2. The van der Waals surface area contributed by atoms with Crippen molar-refractivity contribution >= 4 is 27.5 Å². The van der Waals surface area contributed by atoms with E-state index in [9.17, 15) is 9.90 Å². The van der Waals surface area contributed by atoms with Gasteiger partial charge in [-0.05, 0) is 60.7 Å². The molecule has 3 rings (SSSR count). The molecule has 0 fully saturated rings. The second kappa shape index (κ2) is 5.29. The Balaban J connectivity index is 1.84. The molecule has 0 unspecified atom stereocenters. The SMILES string of the molecule is O=C(Nc1ccc2c(c1)CCC2)c1cc(Br)ccc1O. The number of nitrogens with one attached hydrogen (secondary N) is 1. The lowest BCUT2D eigenvalue weighted by Crippen LogP contribution is -2.12. The average molecular weight is 332 g/mol. The number of phenols is 1. The number of rotatable bonds is 2. The largest absolute Gasteiger partial charge is 0.507 e. The van der Waals surface area contributed by atoms with Gasteiger partial charge in [0, 0.05) is 10.2 Å². The number of halogens is 1. The zero-order valence-corrected chi connectivity index (χ0v) is 12.4. The van der Waals surface area contributed by atoms with Crippen molar-refractivity contribution in [3.63, 3.8) is 0 Å². The maximum atomic E-state index is 12.2. The first-order valence-corrected chi connectivity index (χ1v) is 7.34. The van der Waals surface area contributed by atoms with Crippen LogP contribution in [0.4, 0.5) is 5.69 Å². The number of fused-ring (bicyclic) bond motifs is 1. The van der Waals surface area contributed by atoms with Gasteiger partial charge in [0.2, 0.25) is 0 Å². The van der Waals surface area contributed by atoms with Gasteiger partial charge < -0.3 is 10.4 Å². The van der Waals surface area contributed by atoms with Gasteiger partial charge >= 0.3 is 0 Å². The number of hydrogen-bond acceptors (Lipinski definition) is 2. The Hall–Kier alpha value is -1.81. The van der Waals surface area contributed by atoms with Crippen LogP contribution >= 0.6 is 15.9 Å². The summed E-state index contributed by atoms with van der Waals surface area (Å²) in [5.41, 5.74) is 3.71. The minimum Gasteiger partial charge on any atom is -0.507 e. The van der Waals surface area contributed by atoms with Crippen LogP contribution in [0.15, 0.2) is 40.9 Å². The lowest BCUT2D eigenvalue weighted by molar-refractivity contribution is 0.102. The molecule has 2 aromatic carbocycles. The zero-order chi connectivity index (χ0) is 14.1. The van der Waals surface area contributed by atoms with Crippen molar-refractivity contribution in [2.45, 2.75) is 19.3 Å². The highest BCUT2D eigenvalue weighted by atomic mass is 79.9. The van der Waals surface area contributed by atoms with E-state index in [4.69, 9.17) is 0 Å². The molecule has 0 saturated heterocycles. The second-order valence-corrected chi connectivity index (χ2v) is 5.87. The van der Waals surface area contributed by atoms with Crippen LogP contribution in [0.5, 0.6) is 5.75 Å². The molecular formula is C16H14BrNO2. The quantitative estimate of drug-likeness (QED) is 0.876. The van der Waals surface area contributed by atoms with Crippen molar-refractivity contribution in [3.8, 4) is 5.75 Å². The summed E-state index contributed by atoms with van der Waals surface area (Å²) in [5.74, 6) is -0.325. The van der Waals surface area contributed by atoms with Gasteiger partial charge in [0.1, 0.15) is 5.75 Å². The topological polar surface area (TPSA) is 49.3 Å². The van der Waals surface area contributed by atoms with E-state index < -0.39 is 0 Å². The van der Waals surface area contributed by atoms with Crippen molar-refractivity contribution in [2.75, 3.05) is 5.32 Å². The van der Waals surface area contributed by atoms with Gasteiger partial charge in [-0.3, -0.25) is 4.79 Å². The summed E-state index contributed by atoms with van der Waals surface area (Å²) in [4.78, 5) is 12.2. The number of carbonyl (C=O) groups is 1. The lowest BCUT2D eigenvalue weighted by Gasteiger charge is -2.09. The third-order valence-corrected chi connectivity index (χ3v) is 4.05. The van der Waals surface area contributed by atoms with E-state index in [1.165, 1.54) is 23.6 Å². The Morgan fingerprint density at radius 3 is 2.75 bits per heavy atom. The van der Waals surface area contributed by atoms with E-state index in [0.717, 1.165) is 23.0 Å². The van der Waals surface area contributed by atoms with Crippen LogP contribution in [0.3, 0.4) is 0 Å². The third kappa shape index (κ3) is 2.56. The van der Waals surface area contributed by atoms with Crippen LogP contribution in [0.2, 0.25) is 0 Å². The fourth-order valence-electron chi connectivity index (χ4n) is 2.54. The predicted octanol–water partition coefficient (Wildman–Crippen LogP) is 3.90. The molecule has 20 heavy (non-hydrogen) atoms. The fraction of sp³-hybridized carbons (Fsp3) is 0.188. The van der Waals surface area contributed by atoms with Crippen LogP contribution in [-0.4, -0.2) is 11.0 Å². The van der Waals surface area contributed by atoms with Crippen molar-refractivity contribution in [1.29, 1.82) is 0 Å². The molecule has 0 radical (unpaired) electrons. The molecular weight excluding hydrogens is 318 g/mol. The van der Waals surface area contributed by atoms with Crippen molar-refractivity contribution in [1.82, 2.24) is 0 Å². The predicted molar refractivity (Wildman–Crippen MR) is 82.2 cm³/mol. The molecule has 0 aliphatic heterocycles. The van der Waals surface area contributed by atoms with Gasteiger partial charge in [-0.15, -0.1) is 0 Å². The van der Waals surface area contributed by atoms with Crippen molar-refractivity contribution < 1.29 is 9.90 Å². The van der Waals surface area contributed by atoms with Gasteiger partial charge in [-0.1, -0.05) is 22.0 Å². The standard InChI is InChI=1S/C16H14BrNO2/c17-12-5-7-15(19)14(9-12)16(20)18-13-6-4-10-2-1-3-11(10)8-13/h4-9,19H,1-3H2,(H,18,20). The number of benzene rings is 2. The third-order valence-electron chi connectivity index (χ3n) is 3.56. The molecule has 0 bridgehead atoms. The van der Waals surface area contributed by atoms with Crippen LogP contribution in [0, 0.1) is 0 Å². The van der Waals surface area contributed by atoms with Crippen LogP contribution in [-0.2, 0) is 12.8 Å². The smallest absolute Gasteiger partial charge is 0.259 e. The van der Waals surface area contributed by atoms with E-state index in [1.54, 1.807) is 12.1 Å². The van der Waals surface area contributed by atoms with Gasteiger partial charge in [-0.2, -0.15) is 0 Å². The molecule has 1 aliphatic carbocycles. The summed E-state index contributed by atoms with van der Waals surface area (Å²) >= 11 is 3.30. The molecule has 0 heterocycles. The summed E-state index contributed by atoms with van der Waals surface area (Å²) in [6.45, 7) is 0. The highest BCUT2D eigenvalue weighted by Crippen LogP contribution is 2.26. The van der Waals surface area contributed by atoms with E-state index in [2.05, 4.69) is 27.3 Å². The number of hydrogen-bond donors (Lipinski definition) is 2. The number of anilines is 1. The number of aromatic hydroxyl groups is 1. The molecule has 0 aromatic heterocycles. The first-order chi connectivity index (χ1) is 9.63. The monoisotopic (exact) mass is 331 g/mol. The number of carbonyl (C=O) groups excluding carboxylic acids is 1. The summed E-state index contributed by atoms with van der Waals surface area (Å²) in [6, 6.07) is 10.8. The Bertz CT molecular complexity index is 682. The highest BCUT2D eigenvalue weighted by Gasteiger charge is 2.14. The molecule has 102 valence electrons. The Labute approximate surface area is 125 Å². The molecule has 0 spiro atoms. The molecule has 2 aromatic rings. The Kier molecular flexibility index (Phi) is 3.49. The van der Waals surface area contributed by atoms with Crippen molar-refractivity contribution in [2.24, 2.45) is 0 Å². The molecule has 4 heteroatoms. The molecule has 2 N–H and O–H groups in total. The molecule has 0 atom stereocenters. The van der Waals surface area contributed by atoms with E-state index >= 15 is 0 Å². The summed E-state index contributed by atoms with van der Waals surface area (Å²) in [6.07, 6.45) is 3.37. The average Bonchev–Trinajstić information content (AvgIpc) is 2.89. The maximum Gasteiger partial charge on any atom is 0.259 e. The Morgan fingerprint density at radius 2 is 1.90 bits per heavy atom. The number of amides is 1. The van der Waals surface area contributed by atoms with Crippen molar-refractivity contribution in [3.05, 3.63) is 57.6 Å². The number of phenolic OH excluding ortho intramolecular Hbond substituents is 1. The van der Waals surface area contributed by atoms with E-state index in [1.807, 2.05) is 12.1 Å². The van der Waals surface area contributed by atoms with E-state index in [0.29, 0.717) is 0 Å². The zero-order valence-electron chi connectivity index (χ0n) is 10.8. The van der Waals surface area contributed by atoms with E-state index in [-0.39, 0.29) is 17.2 Å². The van der Waals surface area contributed by atoms with Gasteiger partial charge in [-0.25, -0.2) is 0 Å². The molecule has 1 amide bonds. The fourth-order valence-corrected chi connectivity index (χ4v) is 2.90. The molecule has 3 nitrogen and oxygen atoms in total. The summed E-state index contributed by atoms with van der Waals surface area (Å²) in [5, 5.41) is 12.6. The normalized spacial score (nSPS) is 13.1. The summed E-state index contributed by atoms with van der Waals surface area (Å²) in [7, 11) is 0. The van der Waals surface area contributed by atoms with Gasteiger partial charge in [0.25, 0.3) is 5.91 Å². The first-order valence-electron chi connectivity index (χ1n) is 6.55. The second-order valence-electron chi connectivity index (χ2n) is 4.95. The number of aryl methyl sites for hydroxylation is 2. The lowest BCUT2D eigenvalue weighted by atomic mass is 10.1. The van der Waals surface area contributed by atoms with Crippen LogP contribution < -0.4 is 5.32 Å². The minimum absolute atomic E-state index is 0.0214. The first kappa shape index (κ1) is 13.2. The molecule has 1 aliphatic rings. The minimum atomic E-state index is -0.304. The Morgan fingerprint density at radius 1 is 1.10 bits per heavy atom. The summed E-state index contributed by atoms with van der Waals surface area (Å²) < 4.78 is 0.759. The van der Waals surface area contributed by atoms with Crippen LogP contribution in [0.25, 0.3) is 0 Å².